The molecule has 1 aliphatic heterocycles. The first-order valence-electron chi connectivity index (χ1n) is 10.2. The molecule has 0 saturated carbocycles. The summed E-state index contributed by atoms with van der Waals surface area (Å²) in [6, 6.07) is 9.20. The first kappa shape index (κ1) is 22.7. The van der Waals surface area contributed by atoms with E-state index in [0.29, 0.717) is 24.6 Å². The molecule has 2 aromatic rings. The number of carbonyl (C=O) groups excluding carboxylic acids is 2. The largest absolute Gasteiger partial charge is 0.337 e. The van der Waals surface area contributed by atoms with Crippen LogP contribution in [-0.4, -0.2) is 49.3 Å². The predicted octanol–water partition coefficient (Wildman–Crippen LogP) is 2.71. The van der Waals surface area contributed by atoms with Crippen LogP contribution in [0.2, 0.25) is 0 Å². The van der Waals surface area contributed by atoms with Gasteiger partial charge in [0.25, 0.3) is 0 Å². The van der Waals surface area contributed by atoms with E-state index >= 15 is 0 Å². The molecule has 0 unspecified atom stereocenters. The van der Waals surface area contributed by atoms with E-state index in [0.717, 1.165) is 24.8 Å². The number of sulfonamides is 1. The quantitative estimate of drug-likeness (QED) is 0.605. The van der Waals surface area contributed by atoms with Gasteiger partial charge in [0.05, 0.1) is 4.90 Å². The monoisotopic (exact) mass is 445 g/mol. The van der Waals surface area contributed by atoms with Crippen molar-refractivity contribution in [2.75, 3.05) is 30.3 Å². The minimum absolute atomic E-state index is 0.0757. The minimum Gasteiger partial charge on any atom is -0.337 e. The Labute approximate surface area is 182 Å². The highest BCUT2D eigenvalue weighted by Gasteiger charge is 2.26. The molecule has 1 saturated heterocycles. The number of benzene rings is 1. The number of rotatable bonds is 7. The summed E-state index contributed by atoms with van der Waals surface area (Å²) in [5.41, 5.74) is 1.35. The molecule has 1 aromatic carbocycles. The number of aromatic nitrogens is 1. The summed E-state index contributed by atoms with van der Waals surface area (Å²) >= 11 is 0. The van der Waals surface area contributed by atoms with Gasteiger partial charge in [-0.25, -0.2) is 18.2 Å². The molecule has 166 valence electrons. The average Bonchev–Trinajstić information content (AvgIpc) is 2.76. The fourth-order valence-electron chi connectivity index (χ4n) is 3.20. The van der Waals surface area contributed by atoms with Crippen LogP contribution in [0.15, 0.2) is 47.5 Å². The lowest BCUT2D eigenvalue weighted by atomic mass is 10.2. The van der Waals surface area contributed by atoms with Crippen molar-refractivity contribution >= 4 is 33.5 Å². The third kappa shape index (κ3) is 6.50. The Kier molecular flexibility index (Phi) is 7.59. The SMILES string of the molecule is Cc1ccc(NC(=O)CCNC(=O)Nc2cccc(S(=O)(=O)N3CCCCC3)c2)nc1. The standard InChI is InChI=1S/C21H27N5O4S/c1-16-8-9-19(23-15-16)25-20(27)10-11-22-21(28)24-17-6-5-7-18(14-17)31(29,30)26-12-3-2-4-13-26/h5-9,14-15H,2-4,10-13H2,1H3,(H2,22,24,28)(H,23,25,27). The van der Waals surface area contributed by atoms with Crippen molar-refractivity contribution in [1.82, 2.24) is 14.6 Å². The second kappa shape index (κ2) is 10.4. The minimum atomic E-state index is -3.58. The summed E-state index contributed by atoms with van der Waals surface area (Å²) < 4.78 is 27.1. The van der Waals surface area contributed by atoms with Crippen molar-refractivity contribution in [1.29, 1.82) is 0 Å². The van der Waals surface area contributed by atoms with Crippen LogP contribution in [0.1, 0.15) is 31.2 Å². The normalized spacial score (nSPS) is 14.6. The maximum Gasteiger partial charge on any atom is 0.319 e. The predicted molar refractivity (Wildman–Crippen MR) is 118 cm³/mol. The van der Waals surface area contributed by atoms with E-state index in [-0.39, 0.29) is 23.8 Å². The number of anilines is 2. The van der Waals surface area contributed by atoms with Crippen LogP contribution in [0.4, 0.5) is 16.3 Å². The molecular weight excluding hydrogens is 418 g/mol. The fourth-order valence-corrected chi connectivity index (χ4v) is 4.76. The van der Waals surface area contributed by atoms with Gasteiger partial charge in [0, 0.05) is 37.9 Å². The Morgan fingerprint density at radius 2 is 1.84 bits per heavy atom. The van der Waals surface area contributed by atoms with Crippen LogP contribution in [-0.2, 0) is 14.8 Å². The van der Waals surface area contributed by atoms with E-state index in [2.05, 4.69) is 20.9 Å². The van der Waals surface area contributed by atoms with E-state index in [1.807, 2.05) is 13.0 Å². The lowest BCUT2D eigenvalue weighted by molar-refractivity contribution is -0.116. The Morgan fingerprint density at radius 1 is 1.06 bits per heavy atom. The van der Waals surface area contributed by atoms with Crippen LogP contribution in [0.25, 0.3) is 0 Å². The lowest BCUT2D eigenvalue weighted by Gasteiger charge is -2.26. The molecule has 0 spiro atoms. The highest BCUT2D eigenvalue weighted by Crippen LogP contribution is 2.22. The van der Waals surface area contributed by atoms with Crippen molar-refractivity contribution in [3.63, 3.8) is 0 Å². The fraction of sp³-hybridized carbons (Fsp3) is 0.381. The molecule has 0 atom stereocenters. The number of aryl methyl sites for hydroxylation is 1. The molecule has 3 rings (SSSR count). The smallest absolute Gasteiger partial charge is 0.319 e. The zero-order valence-corrected chi connectivity index (χ0v) is 18.2. The molecule has 3 amide bonds. The Balaban J connectivity index is 1.48. The number of nitrogens with zero attached hydrogens (tertiary/aromatic N) is 2. The maximum atomic E-state index is 12.8. The average molecular weight is 446 g/mol. The van der Waals surface area contributed by atoms with Crippen LogP contribution < -0.4 is 16.0 Å². The van der Waals surface area contributed by atoms with Crippen molar-refractivity contribution in [3.05, 3.63) is 48.2 Å². The molecule has 3 N–H and O–H groups in total. The van der Waals surface area contributed by atoms with Gasteiger partial charge in [-0.15, -0.1) is 0 Å². The summed E-state index contributed by atoms with van der Waals surface area (Å²) in [6.45, 7) is 3.05. The van der Waals surface area contributed by atoms with Gasteiger partial charge in [0.2, 0.25) is 15.9 Å². The molecule has 2 heterocycles. The van der Waals surface area contributed by atoms with E-state index in [4.69, 9.17) is 0 Å². The third-order valence-corrected chi connectivity index (χ3v) is 6.76. The first-order chi connectivity index (χ1) is 14.8. The highest BCUT2D eigenvalue weighted by molar-refractivity contribution is 7.89. The van der Waals surface area contributed by atoms with Crippen LogP contribution >= 0.6 is 0 Å². The number of hydrogen-bond acceptors (Lipinski definition) is 5. The zero-order valence-electron chi connectivity index (χ0n) is 17.4. The van der Waals surface area contributed by atoms with Gasteiger partial charge in [-0.3, -0.25) is 4.79 Å². The first-order valence-corrected chi connectivity index (χ1v) is 11.7. The molecule has 9 nitrogen and oxygen atoms in total. The molecule has 31 heavy (non-hydrogen) atoms. The second-order valence-electron chi connectivity index (χ2n) is 7.39. The number of nitrogens with one attached hydrogen (secondary N) is 3. The van der Waals surface area contributed by atoms with Crippen LogP contribution in [0.5, 0.6) is 0 Å². The summed E-state index contributed by atoms with van der Waals surface area (Å²) in [6.07, 6.45) is 4.47. The number of hydrogen-bond donors (Lipinski definition) is 3. The second-order valence-corrected chi connectivity index (χ2v) is 9.33. The molecule has 0 radical (unpaired) electrons. The summed E-state index contributed by atoms with van der Waals surface area (Å²) in [5, 5.41) is 7.85. The Bertz CT molecular complexity index is 1020. The third-order valence-electron chi connectivity index (χ3n) is 4.86. The topological polar surface area (TPSA) is 120 Å². The Morgan fingerprint density at radius 3 is 2.55 bits per heavy atom. The van der Waals surface area contributed by atoms with Crippen molar-refractivity contribution in [2.45, 2.75) is 37.5 Å². The lowest BCUT2D eigenvalue weighted by Crippen LogP contribution is -2.35. The van der Waals surface area contributed by atoms with E-state index < -0.39 is 16.1 Å². The molecule has 1 fully saturated rings. The Hall–Kier alpha value is -2.98. The number of urea groups is 1. The van der Waals surface area contributed by atoms with E-state index in [9.17, 15) is 18.0 Å². The summed E-state index contributed by atoms with van der Waals surface area (Å²) in [5.74, 6) is 0.179. The number of pyridine rings is 1. The van der Waals surface area contributed by atoms with Gasteiger partial charge < -0.3 is 16.0 Å². The number of carbonyl (C=O) groups is 2. The molecule has 1 aliphatic rings. The molecule has 10 heteroatoms. The van der Waals surface area contributed by atoms with Gasteiger partial charge in [-0.05, 0) is 49.6 Å². The van der Waals surface area contributed by atoms with E-state index in [1.165, 1.54) is 16.4 Å². The van der Waals surface area contributed by atoms with Gasteiger partial charge in [-0.2, -0.15) is 4.31 Å². The number of piperidine rings is 1. The summed E-state index contributed by atoms with van der Waals surface area (Å²) in [4.78, 5) is 28.3. The van der Waals surface area contributed by atoms with Crippen molar-refractivity contribution in [2.24, 2.45) is 0 Å². The maximum absolute atomic E-state index is 12.8. The van der Waals surface area contributed by atoms with Gasteiger partial charge >= 0.3 is 6.03 Å². The van der Waals surface area contributed by atoms with Crippen molar-refractivity contribution in [3.8, 4) is 0 Å². The number of amides is 3. The molecule has 1 aromatic heterocycles. The zero-order chi connectivity index (χ0) is 22.3. The highest BCUT2D eigenvalue weighted by atomic mass is 32.2. The molecular formula is C21H27N5O4S. The van der Waals surface area contributed by atoms with E-state index in [1.54, 1.807) is 24.4 Å². The summed E-state index contributed by atoms with van der Waals surface area (Å²) in [7, 11) is -3.58. The van der Waals surface area contributed by atoms with Gasteiger partial charge in [-0.1, -0.05) is 18.6 Å². The van der Waals surface area contributed by atoms with Gasteiger partial charge in [0.15, 0.2) is 0 Å². The van der Waals surface area contributed by atoms with Crippen LogP contribution in [0, 0.1) is 6.92 Å². The van der Waals surface area contributed by atoms with Gasteiger partial charge in [0.1, 0.15) is 5.82 Å². The van der Waals surface area contributed by atoms with Crippen molar-refractivity contribution < 1.29 is 18.0 Å². The van der Waals surface area contributed by atoms with Crippen LogP contribution in [0.3, 0.4) is 0 Å². The molecule has 0 bridgehead atoms. The molecule has 0 aliphatic carbocycles.